The molecule has 0 bridgehead atoms. The number of aromatic nitrogens is 1. The number of carbonyl (C=O) groups excluding carboxylic acids is 2. The predicted molar refractivity (Wildman–Crippen MR) is 95.3 cm³/mol. The highest BCUT2D eigenvalue weighted by Crippen LogP contribution is 2.56. The van der Waals surface area contributed by atoms with Crippen LogP contribution in [0, 0.1) is 17.8 Å². The first-order chi connectivity index (χ1) is 13.4. The topological polar surface area (TPSA) is 104 Å². The van der Waals surface area contributed by atoms with Crippen molar-refractivity contribution >= 4 is 22.6 Å². The number of benzene rings is 1. The van der Waals surface area contributed by atoms with E-state index in [1.807, 2.05) is 0 Å². The van der Waals surface area contributed by atoms with Gasteiger partial charge in [0.2, 0.25) is 18.2 Å². The molecule has 2 fully saturated rings. The summed E-state index contributed by atoms with van der Waals surface area (Å²) in [5.74, 6) is -2.01. The first kappa shape index (κ1) is 18.4. The lowest BCUT2D eigenvalue weighted by molar-refractivity contribution is -0.122. The summed E-state index contributed by atoms with van der Waals surface area (Å²) < 4.78 is 36.9. The van der Waals surface area contributed by atoms with Crippen molar-refractivity contribution < 1.29 is 27.8 Å². The van der Waals surface area contributed by atoms with E-state index in [9.17, 15) is 18.4 Å². The Hall–Kier alpha value is -2.97. The number of nitrogens with two attached hydrogens (primary N) is 1. The average Bonchev–Trinajstić information content (AvgIpc) is 3.34. The number of methoxy groups -OCH3 is 1. The third-order valence-corrected chi connectivity index (χ3v) is 5.50. The average molecular weight is 391 g/mol. The van der Waals surface area contributed by atoms with E-state index in [2.05, 4.69) is 10.3 Å². The van der Waals surface area contributed by atoms with Crippen molar-refractivity contribution in [2.75, 3.05) is 13.7 Å². The lowest BCUT2D eigenvalue weighted by atomic mass is 10.1. The maximum atomic E-state index is 12.9. The molecule has 7 nitrogen and oxygen atoms in total. The summed E-state index contributed by atoms with van der Waals surface area (Å²) in [5.41, 5.74) is 5.62. The summed E-state index contributed by atoms with van der Waals surface area (Å²) in [7, 11) is 1.43. The van der Waals surface area contributed by atoms with Crippen LogP contribution < -0.4 is 20.5 Å². The maximum absolute atomic E-state index is 12.9. The summed E-state index contributed by atoms with van der Waals surface area (Å²) in [6.45, 7) is 0.204. The minimum atomic E-state index is -2.48. The van der Waals surface area contributed by atoms with Gasteiger partial charge in [-0.2, -0.15) is 0 Å². The Morgan fingerprint density at radius 2 is 2.18 bits per heavy atom. The number of nitrogens with one attached hydrogen (secondary N) is 1. The Labute approximate surface area is 159 Å². The van der Waals surface area contributed by atoms with Crippen molar-refractivity contribution in [1.29, 1.82) is 0 Å². The molecule has 4 atom stereocenters. The number of halogens is 2. The van der Waals surface area contributed by atoms with Gasteiger partial charge in [0.1, 0.15) is 5.75 Å². The second-order valence-electron chi connectivity index (χ2n) is 7.02. The summed E-state index contributed by atoms with van der Waals surface area (Å²) >= 11 is 0. The molecule has 1 saturated heterocycles. The van der Waals surface area contributed by atoms with Crippen LogP contribution >= 0.6 is 0 Å². The second kappa shape index (κ2) is 6.88. The number of fused-ring (bicyclic) bond motifs is 2. The highest BCUT2D eigenvalue weighted by molar-refractivity contribution is 6.01. The van der Waals surface area contributed by atoms with E-state index >= 15 is 0 Å². The second-order valence-corrected chi connectivity index (χ2v) is 7.02. The summed E-state index contributed by atoms with van der Waals surface area (Å²) in [4.78, 5) is 27.5. The molecule has 9 heteroatoms. The third-order valence-electron chi connectivity index (χ3n) is 5.50. The molecule has 1 aromatic carbocycles. The number of primary amides is 1. The van der Waals surface area contributed by atoms with Crippen molar-refractivity contribution in [3.63, 3.8) is 0 Å². The highest BCUT2D eigenvalue weighted by atomic mass is 19.3. The molecule has 2 heterocycles. The van der Waals surface area contributed by atoms with Gasteiger partial charge in [-0.25, -0.2) is 13.8 Å². The van der Waals surface area contributed by atoms with Gasteiger partial charge in [-0.1, -0.05) is 0 Å². The minimum absolute atomic E-state index is 0.204. The van der Waals surface area contributed by atoms with Crippen LogP contribution in [-0.2, 0) is 4.79 Å². The van der Waals surface area contributed by atoms with Crippen LogP contribution in [-0.4, -0.2) is 43.0 Å². The van der Waals surface area contributed by atoms with Crippen molar-refractivity contribution in [2.45, 2.75) is 18.9 Å². The fourth-order valence-corrected chi connectivity index (χ4v) is 4.13. The normalized spacial score (nSPS) is 25.5. The van der Waals surface area contributed by atoms with Crippen LogP contribution in [0.2, 0.25) is 0 Å². The maximum Gasteiger partial charge on any atom is 0.252 e. The van der Waals surface area contributed by atoms with Gasteiger partial charge in [-0.15, -0.1) is 0 Å². The quantitative estimate of drug-likeness (QED) is 0.748. The molecule has 1 aliphatic carbocycles. The molecule has 28 heavy (non-hydrogen) atoms. The zero-order valence-corrected chi connectivity index (χ0v) is 15.0. The van der Waals surface area contributed by atoms with E-state index in [0.717, 1.165) is 0 Å². The largest absolute Gasteiger partial charge is 0.496 e. The van der Waals surface area contributed by atoms with E-state index < -0.39 is 24.2 Å². The number of hydrogen-bond acceptors (Lipinski definition) is 5. The molecule has 0 unspecified atom stereocenters. The van der Waals surface area contributed by atoms with Gasteiger partial charge < -0.3 is 20.5 Å². The number of alkyl halides is 2. The number of hydrogen-bond donors (Lipinski definition) is 2. The smallest absolute Gasteiger partial charge is 0.252 e. The lowest BCUT2D eigenvalue weighted by Gasteiger charge is -2.16. The molecule has 4 rings (SSSR count). The Bertz CT molecular complexity index is 952. The van der Waals surface area contributed by atoms with Gasteiger partial charge in [-0.3, -0.25) is 9.59 Å². The Morgan fingerprint density at radius 1 is 1.39 bits per heavy atom. The van der Waals surface area contributed by atoms with Gasteiger partial charge in [0.25, 0.3) is 5.91 Å². The number of pyridine rings is 1. The van der Waals surface area contributed by atoms with Gasteiger partial charge in [0.15, 0.2) is 0 Å². The summed E-state index contributed by atoms with van der Waals surface area (Å²) in [6, 6.07) is 4.62. The zero-order valence-electron chi connectivity index (χ0n) is 15.0. The third kappa shape index (κ3) is 3.00. The standard InChI is InChI=1S/C19H19F2N3O4/c1-27-12-7-9-8(6-10(12)17(22)25)2-4-23-19(9)28-5-3-11-13-14(16(20)21)15(13)18(26)24-11/h2,4,6-7,11,13-16H,3,5H2,1H3,(H2,22,25)(H,24,26)/t11-,13+,14+,15+/m1/s1. The fraction of sp³-hybridized carbons (Fsp3) is 0.421. The van der Waals surface area contributed by atoms with E-state index in [0.29, 0.717) is 28.8 Å². The minimum Gasteiger partial charge on any atom is -0.496 e. The molecular weight excluding hydrogens is 372 g/mol. The molecule has 148 valence electrons. The number of rotatable bonds is 7. The van der Waals surface area contributed by atoms with Crippen LogP contribution in [0.3, 0.4) is 0 Å². The van der Waals surface area contributed by atoms with Crippen LogP contribution in [0.25, 0.3) is 10.8 Å². The van der Waals surface area contributed by atoms with E-state index in [-0.39, 0.29) is 30.0 Å². The van der Waals surface area contributed by atoms with Crippen molar-refractivity contribution in [3.05, 3.63) is 30.0 Å². The van der Waals surface area contributed by atoms with Crippen molar-refractivity contribution in [3.8, 4) is 11.6 Å². The molecule has 2 amide bonds. The number of carbonyl (C=O) groups is 2. The Morgan fingerprint density at radius 3 is 2.82 bits per heavy atom. The highest BCUT2D eigenvalue weighted by Gasteiger charge is 2.66. The number of nitrogens with zero attached hydrogens (tertiary/aromatic N) is 1. The number of amides is 2. The Balaban J connectivity index is 1.48. The zero-order chi connectivity index (χ0) is 20.0. The number of piperidine rings is 1. The van der Waals surface area contributed by atoms with Crippen LogP contribution in [0.1, 0.15) is 16.8 Å². The van der Waals surface area contributed by atoms with E-state index in [1.165, 1.54) is 13.3 Å². The first-order valence-corrected chi connectivity index (χ1v) is 8.90. The molecule has 2 aromatic rings. The lowest BCUT2D eigenvalue weighted by Crippen LogP contribution is -2.34. The van der Waals surface area contributed by atoms with Crippen LogP contribution in [0.5, 0.6) is 11.6 Å². The summed E-state index contributed by atoms with van der Waals surface area (Å²) in [5, 5.41) is 4.09. The van der Waals surface area contributed by atoms with Gasteiger partial charge in [0.05, 0.1) is 25.2 Å². The van der Waals surface area contributed by atoms with Gasteiger partial charge in [-0.05, 0) is 23.6 Å². The molecule has 1 aromatic heterocycles. The van der Waals surface area contributed by atoms with Crippen molar-refractivity contribution in [2.24, 2.45) is 23.5 Å². The fourth-order valence-electron chi connectivity index (χ4n) is 4.13. The summed E-state index contributed by atoms with van der Waals surface area (Å²) in [6.07, 6.45) is -0.531. The Kier molecular flexibility index (Phi) is 4.52. The van der Waals surface area contributed by atoms with Crippen LogP contribution in [0.15, 0.2) is 24.4 Å². The number of ether oxygens (including phenoxy) is 2. The first-order valence-electron chi connectivity index (χ1n) is 8.90. The molecule has 1 saturated carbocycles. The molecule has 3 N–H and O–H groups in total. The molecule has 0 spiro atoms. The molecule has 2 aliphatic rings. The van der Waals surface area contributed by atoms with E-state index in [1.54, 1.807) is 18.2 Å². The monoisotopic (exact) mass is 391 g/mol. The molecule has 0 radical (unpaired) electrons. The van der Waals surface area contributed by atoms with Gasteiger partial charge >= 0.3 is 0 Å². The van der Waals surface area contributed by atoms with E-state index in [4.69, 9.17) is 15.2 Å². The van der Waals surface area contributed by atoms with Crippen molar-refractivity contribution in [1.82, 2.24) is 10.3 Å². The predicted octanol–water partition coefficient (Wildman–Crippen LogP) is 1.74. The SMILES string of the molecule is COc1cc2c(OCC[C@H]3NC(=O)[C@@H]4[C@@H](C(F)F)[C@@H]43)nccc2cc1C(N)=O. The van der Waals surface area contributed by atoms with Crippen LogP contribution in [0.4, 0.5) is 8.78 Å². The van der Waals surface area contributed by atoms with Gasteiger partial charge in [0, 0.05) is 35.9 Å². The molecular formula is C19H19F2N3O4. The molecule has 1 aliphatic heterocycles.